The maximum absolute atomic E-state index is 5.69. The van der Waals surface area contributed by atoms with Gasteiger partial charge in [0.1, 0.15) is 0 Å². The molecule has 2 aliphatic rings. The number of alkyl halides is 1. The van der Waals surface area contributed by atoms with Gasteiger partial charge in [-0.3, -0.25) is 0 Å². The molecule has 2 aliphatic heterocycles. The van der Waals surface area contributed by atoms with Gasteiger partial charge in [0.05, 0.1) is 12.7 Å². The third kappa shape index (κ3) is 1.68. The minimum atomic E-state index is 0.447. The molecule has 2 heterocycles. The minimum Gasteiger partial charge on any atom is -0.381 e. The van der Waals surface area contributed by atoms with E-state index in [4.69, 9.17) is 9.47 Å². The zero-order chi connectivity index (χ0) is 8.44. The Kier molecular flexibility index (Phi) is 2.72. The van der Waals surface area contributed by atoms with Crippen molar-refractivity contribution in [3.63, 3.8) is 0 Å². The highest BCUT2D eigenvalue weighted by Crippen LogP contribution is 2.41. The van der Waals surface area contributed by atoms with Crippen molar-refractivity contribution in [2.24, 2.45) is 5.41 Å². The zero-order valence-electron chi connectivity index (χ0n) is 7.22. The molecule has 0 amide bonds. The summed E-state index contributed by atoms with van der Waals surface area (Å²) in [5.74, 6) is 0. The summed E-state index contributed by atoms with van der Waals surface area (Å²) < 4.78 is 11.1. The van der Waals surface area contributed by atoms with Gasteiger partial charge in [0.2, 0.25) is 0 Å². The molecule has 0 saturated carbocycles. The average molecular weight is 235 g/mol. The molecule has 2 rings (SSSR count). The van der Waals surface area contributed by atoms with Crippen LogP contribution in [0.3, 0.4) is 0 Å². The summed E-state index contributed by atoms with van der Waals surface area (Å²) in [7, 11) is 0. The van der Waals surface area contributed by atoms with Crippen LogP contribution in [0.15, 0.2) is 0 Å². The molecule has 1 atom stereocenters. The topological polar surface area (TPSA) is 18.5 Å². The lowest BCUT2D eigenvalue weighted by molar-refractivity contribution is 0.00757. The third-order valence-corrected chi connectivity index (χ3v) is 3.73. The van der Waals surface area contributed by atoms with E-state index in [9.17, 15) is 0 Å². The average Bonchev–Trinajstić information content (AvgIpc) is 2.50. The van der Waals surface area contributed by atoms with E-state index in [2.05, 4.69) is 15.9 Å². The molecule has 2 fully saturated rings. The van der Waals surface area contributed by atoms with Gasteiger partial charge in [-0.25, -0.2) is 0 Å². The molecule has 0 aliphatic carbocycles. The molecular formula is C9H15BrO2. The van der Waals surface area contributed by atoms with Crippen molar-refractivity contribution >= 4 is 15.9 Å². The first-order valence-corrected chi connectivity index (χ1v) is 5.72. The normalized spacial score (nSPS) is 34.2. The van der Waals surface area contributed by atoms with Gasteiger partial charge in [-0.2, -0.15) is 0 Å². The predicted molar refractivity (Wildman–Crippen MR) is 50.6 cm³/mol. The highest BCUT2D eigenvalue weighted by Gasteiger charge is 2.40. The molecule has 0 unspecified atom stereocenters. The maximum Gasteiger partial charge on any atom is 0.0678 e. The van der Waals surface area contributed by atoms with Crippen LogP contribution in [0.5, 0.6) is 0 Å². The summed E-state index contributed by atoms with van der Waals surface area (Å²) in [6.45, 7) is 2.81. The van der Waals surface area contributed by atoms with Crippen molar-refractivity contribution < 1.29 is 9.47 Å². The summed E-state index contributed by atoms with van der Waals surface area (Å²) in [5, 5.41) is 0.982. The van der Waals surface area contributed by atoms with E-state index in [1.165, 1.54) is 19.3 Å². The second-order valence-electron chi connectivity index (χ2n) is 3.90. The van der Waals surface area contributed by atoms with Gasteiger partial charge in [-0.1, -0.05) is 15.9 Å². The molecule has 70 valence electrons. The second-order valence-corrected chi connectivity index (χ2v) is 4.55. The van der Waals surface area contributed by atoms with Crippen LogP contribution in [0, 0.1) is 5.41 Å². The van der Waals surface area contributed by atoms with Crippen LogP contribution >= 0.6 is 15.9 Å². The standard InChI is InChI=1S/C9H15BrO2/c10-6-8-5-9(7-12-8)1-3-11-4-2-9/h8H,1-7H2/t8-/m0/s1. The predicted octanol–water partition coefficient (Wildman–Crippen LogP) is 1.97. The third-order valence-electron chi connectivity index (χ3n) is 3.01. The Morgan fingerprint density at radius 3 is 2.67 bits per heavy atom. The number of rotatable bonds is 1. The van der Waals surface area contributed by atoms with E-state index in [1.807, 2.05) is 0 Å². The fraction of sp³-hybridized carbons (Fsp3) is 1.00. The molecule has 0 aromatic heterocycles. The Balaban J connectivity index is 1.94. The highest BCUT2D eigenvalue weighted by molar-refractivity contribution is 9.09. The van der Waals surface area contributed by atoms with E-state index in [0.717, 1.165) is 25.2 Å². The monoisotopic (exact) mass is 234 g/mol. The molecule has 0 radical (unpaired) electrons. The van der Waals surface area contributed by atoms with Crippen LogP contribution in [-0.2, 0) is 9.47 Å². The number of ether oxygens (including phenoxy) is 2. The largest absolute Gasteiger partial charge is 0.381 e. The van der Waals surface area contributed by atoms with Crippen LogP contribution < -0.4 is 0 Å². The van der Waals surface area contributed by atoms with Crippen LogP contribution in [0.2, 0.25) is 0 Å². The van der Waals surface area contributed by atoms with Gasteiger partial charge in [0.15, 0.2) is 0 Å². The van der Waals surface area contributed by atoms with E-state index in [-0.39, 0.29) is 0 Å². The first kappa shape index (κ1) is 8.97. The molecule has 2 nitrogen and oxygen atoms in total. The lowest BCUT2D eigenvalue weighted by Gasteiger charge is -2.31. The molecule has 0 N–H and O–H groups in total. The molecule has 0 bridgehead atoms. The molecule has 12 heavy (non-hydrogen) atoms. The van der Waals surface area contributed by atoms with Gasteiger partial charge >= 0.3 is 0 Å². The van der Waals surface area contributed by atoms with Crippen LogP contribution in [0.1, 0.15) is 19.3 Å². The van der Waals surface area contributed by atoms with Crippen molar-refractivity contribution in [2.45, 2.75) is 25.4 Å². The minimum absolute atomic E-state index is 0.447. The Morgan fingerprint density at radius 2 is 2.08 bits per heavy atom. The van der Waals surface area contributed by atoms with E-state index in [1.54, 1.807) is 0 Å². The van der Waals surface area contributed by atoms with Crippen LogP contribution in [0.4, 0.5) is 0 Å². The van der Waals surface area contributed by atoms with Crippen LogP contribution in [0.25, 0.3) is 0 Å². The number of hydrogen-bond acceptors (Lipinski definition) is 2. The van der Waals surface area contributed by atoms with Gasteiger partial charge in [-0.15, -0.1) is 0 Å². The highest BCUT2D eigenvalue weighted by atomic mass is 79.9. The SMILES string of the molecule is BrC[C@@H]1CC2(CCOCC2)CO1. The van der Waals surface area contributed by atoms with Gasteiger partial charge in [0.25, 0.3) is 0 Å². The van der Waals surface area contributed by atoms with Crippen molar-refractivity contribution in [1.29, 1.82) is 0 Å². The van der Waals surface area contributed by atoms with Gasteiger partial charge in [0, 0.05) is 24.0 Å². The number of halogens is 1. The summed E-state index contributed by atoms with van der Waals surface area (Å²) in [5.41, 5.74) is 0.469. The molecular weight excluding hydrogens is 220 g/mol. The van der Waals surface area contributed by atoms with Crippen molar-refractivity contribution in [3.05, 3.63) is 0 Å². The second kappa shape index (κ2) is 3.64. The summed E-state index contributed by atoms with van der Waals surface area (Å²) in [4.78, 5) is 0. The Bertz CT molecular complexity index is 155. The van der Waals surface area contributed by atoms with E-state index < -0.39 is 0 Å². The smallest absolute Gasteiger partial charge is 0.0678 e. The molecule has 3 heteroatoms. The van der Waals surface area contributed by atoms with Crippen molar-refractivity contribution in [1.82, 2.24) is 0 Å². The molecule has 1 spiro atoms. The quantitative estimate of drug-likeness (QED) is 0.647. The Hall–Kier alpha value is 0.400. The summed E-state index contributed by atoms with van der Waals surface area (Å²) in [6.07, 6.45) is 4.05. The lowest BCUT2D eigenvalue weighted by Crippen LogP contribution is -2.30. The van der Waals surface area contributed by atoms with E-state index in [0.29, 0.717) is 11.5 Å². The Labute approximate surface area is 81.7 Å². The summed E-state index contributed by atoms with van der Waals surface area (Å²) >= 11 is 3.47. The van der Waals surface area contributed by atoms with E-state index >= 15 is 0 Å². The zero-order valence-corrected chi connectivity index (χ0v) is 8.81. The fourth-order valence-electron chi connectivity index (χ4n) is 2.15. The number of hydrogen-bond donors (Lipinski definition) is 0. The van der Waals surface area contributed by atoms with Crippen LogP contribution in [-0.4, -0.2) is 31.3 Å². The molecule has 2 saturated heterocycles. The molecule has 0 aromatic carbocycles. The van der Waals surface area contributed by atoms with Crippen molar-refractivity contribution in [3.8, 4) is 0 Å². The lowest BCUT2D eigenvalue weighted by atomic mass is 9.79. The summed E-state index contributed by atoms with van der Waals surface area (Å²) in [6, 6.07) is 0. The van der Waals surface area contributed by atoms with Crippen molar-refractivity contribution in [2.75, 3.05) is 25.2 Å². The Morgan fingerprint density at radius 1 is 1.33 bits per heavy atom. The maximum atomic E-state index is 5.69. The molecule has 0 aromatic rings. The van der Waals surface area contributed by atoms with Gasteiger partial charge < -0.3 is 9.47 Å². The van der Waals surface area contributed by atoms with Gasteiger partial charge in [-0.05, 0) is 19.3 Å². The first-order valence-electron chi connectivity index (χ1n) is 4.60. The first-order chi connectivity index (χ1) is 5.85. The fourth-order valence-corrected chi connectivity index (χ4v) is 2.56.